The average molecular weight is 283 g/mol. The third-order valence-electron chi connectivity index (χ3n) is 3.56. The van der Waals surface area contributed by atoms with E-state index in [1.165, 1.54) is 18.2 Å². The van der Waals surface area contributed by atoms with Crippen LogP contribution in [0.25, 0.3) is 0 Å². The molecule has 0 spiro atoms. The van der Waals surface area contributed by atoms with Crippen molar-refractivity contribution >= 4 is 16.0 Å². The summed E-state index contributed by atoms with van der Waals surface area (Å²) in [4.78, 5) is 11.0. The zero-order chi connectivity index (χ0) is 14.4. The van der Waals surface area contributed by atoms with E-state index >= 15 is 0 Å². The first kappa shape index (κ1) is 14.0. The molecular weight excluding hydrogens is 266 g/mol. The first-order valence-corrected chi connectivity index (χ1v) is 7.48. The number of aryl methyl sites for hydroxylation is 1. The van der Waals surface area contributed by atoms with Crippen LogP contribution in [0, 0.1) is 12.3 Å². The van der Waals surface area contributed by atoms with Crippen LogP contribution in [-0.2, 0) is 10.0 Å². The molecule has 1 aliphatic carbocycles. The van der Waals surface area contributed by atoms with E-state index in [1.54, 1.807) is 6.92 Å². The van der Waals surface area contributed by atoms with Crippen LogP contribution >= 0.6 is 0 Å². The maximum atomic E-state index is 12.2. The number of nitrogens with one attached hydrogen (secondary N) is 1. The van der Waals surface area contributed by atoms with Crippen molar-refractivity contribution in [1.82, 2.24) is 4.72 Å². The first-order valence-electron chi connectivity index (χ1n) is 6.00. The highest BCUT2D eigenvalue weighted by atomic mass is 32.2. The van der Waals surface area contributed by atoms with Crippen molar-refractivity contribution in [2.75, 3.05) is 0 Å². The van der Waals surface area contributed by atoms with Gasteiger partial charge in [-0.1, -0.05) is 19.9 Å². The summed E-state index contributed by atoms with van der Waals surface area (Å²) in [5.41, 5.74) is 0.532. The molecule has 1 unspecified atom stereocenters. The molecule has 1 atom stereocenters. The van der Waals surface area contributed by atoms with Crippen LogP contribution in [0.2, 0.25) is 0 Å². The molecule has 1 aromatic carbocycles. The molecule has 0 radical (unpaired) electrons. The molecule has 1 saturated carbocycles. The van der Waals surface area contributed by atoms with E-state index in [0.29, 0.717) is 5.56 Å². The van der Waals surface area contributed by atoms with Gasteiger partial charge >= 0.3 is 5.97 Å². The first-order chi connectivity index (χ1) is 8.63. The van der Waals surface area contributed by atoms with Crippen LogP contribution in [0.15, 0.2) is 23.1 Å². The van der Waals surface area contributed by atoms with E-state index in [1.807, 2.05) is 13.8 Å². The summed E-state index contributed by atoms with van der Waals surface area (Å²) in [5.74, 6) is -1.12. The minimum absolute atomic E-state index is 0.00167. The quantitative estimate of drug-likeness (QED) is 0.882. The zero-order valence-corrected chi connectivity index (χ0v) is 11.9. The van der Waals surface area contributed by atoms with E-state index in [-0.39, 0.29) is 21.9 Å². The monoisotopic (exact) mass is 283 g/mol. The van der Waals surface area contributed by atoms with E-state index in [9.17, 15) is 13.2 Å². The van der Waals surface area contributed by atoms with Gasteiger partial charge in [0, 0.05) is 6.04 Å². The molecule has 0 aliphatic heterocycles. The number of aromatic carboxylic acids is 1. The summed E-state index contributed by atoms with van der Waals surface area (Å²) in [6.45, 7) is 5.60. The number of benzene rings is 1. The van der Waals surface area contributed by atoms with Crippen molar-refractivity contribution < 1.29 is 18.3 Å². The van der Waals surface area contributed by atoms with Crippen LogP contribution in [0.4, 0.5) is 0 Å². The third kappa shape index (κ3) is 2.79. The number of carboxylic acid groups (broad SMARTS) is 1. The molecule has 1 fully saturated rings. The Hall–Kier alpha value is -1.40. The second-order valence-corrected chi connectivity index (χ2v) is 7.36. The van der Waals surface area contributed by atoms with Gasteiger partial charge in [0.2, 0.25) is 10.0 Å². The van der Waals surface area contributed by atoms with Gasteiger partial charge < -0.3 is 5.11 Å². The molecule has 2 N–H and O–H groups in total. The molecule has 0 amide bonds. The van der Waals surface area contributed by atoms with Crippen LogP contribution in [0.1, 0.15) is 36.2 Å². The highest BCUT2D eigenvalue weighted by Gasteiger charge is 2.47. The van der Waals surface area contributed by atoms with Gasteiger partial charge in [-0.25, -0.2) is 17.9 Å². The SMILES string of the molecule is Cc1ccc(S(=O)(=O)NC2CC2(C)C)cc1C(=O)O. The van der Waals surface area contributed by atoms with Crippen molar-refractivity contribution in [2.24, 2.45) is 5.41 Å². The summed E-state index contributed by atoms with van der Waals surface area (Å²) in [7, 11) is -3.65. The van der Waals surface area contributed by atoms with E-state index in [0.717, 1.165) is 6.42 Å². The van der Waals surface area contributed by atoms with Gasteiger partial charge in [-0.2, -0.15) is 0 Å². The van der Waals surface area contributed by atoms with Gasteiger partial charge in [0.25, 0.3) is 0 Å². The number of sulfonamides is 1. The Morgan fingerprint density at radius 2 is 2.00 bits per heavy atom. The van der Waals surface area contributed by atoms with Crippen molar-refractivity contribution in [3.8, 4) is 0 Å². The van der Waals surface area contributed by atoms with Crippen molar-refractivity contribution in [2.45, 2.75) is 38.1 Å². The highest BCUT2D eigenvalue weighted by molar-refractivity contribution is 7.89. The number of carbonyl (C=O) groups is 1. The fourth-order valence-corrected chi connectivity index (χ4v) is 3.36. The van der Waals surface area contributed by atoms with E-state index in [4.69, 9.17) is 5.11 Å². The topological polar surface area (TPSA) is 83.5 Å². The summed E-state index contributed by atoms with van der Waals surface area (Å²) in [5, 5.41) is 9.02. The number of hydrogen-bond donors (Lipinski definition) is 2. The standard InChI is InChI=1S/C13H17NO4S/c1-8-4-5-9(6-10(8)12(15)16)19(17,18)14-11-7-13(11,2)3/h4-6,11,14H,7H2,1-3H3,(H,15,16). The second kappa shape index (κ2) is 4.31. The predicted octanol–water partition coefficient (Wildman–Crippen LogP) is 1.77. The zero-order valence-electron chi connectivity index (χ0n) is 11.1. The molecule has 19 heavy (non-hydrogen) atoms. The Labute approximate surface area is 112 Å². The summed E-state index contributed by atoms with van der Waals surface area (Å²) in [6.07, 6.45) is 0.796. The highest BCUT2D eigenvalue weighted by Crippen LogP contribution is 2.45. The lowest BCUT2D eigenvalue weighted by Gasteiger charge is -2.09. The normalized spacial score (nSPS) is 21.1. The van der Waals surface area contributed by atoms with Gasteiger partial charge in [-0.05, 0) is 36.5 Å². The molecule has 0 heterocycles. The Balaban J connectivity index is 2.31. The maximum Gasteiger partial charge on any atom is 0.335 e. The lowest BCUT2D eigenvalue weighted by molar-refractivity contribution is 0.0696. The van der Waals surface area contributed by atoms with Crippen LogP contribution in [-0.4, -0.2) is 25.5 Å². The molecule has 6 heteroatoms. The van der Waals surface area contributed by atoms with Crippen LogP contribution in [0.3, 0.4) is 0 Å². The Morgan fingerprint density at radius 3 is 2.47 bits per heavy atom. The average Bonchev–Trinajstić information content (AvgIpc) is 2.84. The molecule has 5 nitrogen and oxygen atoms in total. The van der Waals surface area contributed by atoms with Gasteiger partial charge in [-0.15, -0.1) is 0 Å². The van der Waals surface area contributed by atoms with Crippen molar-refractivity contribution in [3.05, 3.63) is 29.3 Å². The Kier molecular flexibility index (Phi) is 3.18. The molecule has 0 saturated heterocycles. The molecule has 2 rings (SSSR count). The molecular formula is C13H17NO4S. The third-order valence-corrected chi connectivity index (χ3v) is 5.03. The molecule has 1 aliphatic rings. The maximum absolute atomic E-state index is 12.2. The number of rotatable bonds is 4. The Morgan fingerprint density at radius 1 is 1.42 bits per heavy atom. The summed E-state index contributed by atoms with van der Waals surface area (Å²) >= 11 is 0. The van der Waals surface area contributed by atoms with Gasteiger partial charge in [0.15, 0.2) is 0 Å². The summed E-state index contributed by atoms with van der Waals surface area (Å²) in [6, 6.07) is 4.07. The molecule has 0 aromatic heterocycles. The van der Waals surface area contributed by atoms with Crippen LogP contribution in [0.5, 0.6) is 0 Å². The minimum Gasteiger partial charge on any atom is -0.478 e. The van der Waals surface area contributed by atoms with Crippen LogP contribution < -0.4 is 4.72 Å². The van der Waals surface area contributed by atoms with Crippen molar-refractivity contribution in [1.29, 1.82) is 0 Å². The fourth-order valence-electron chi connectivity index (χ4n) is 1.92. The molecule has 0 bridgehead atoms. The van der Waals surface area contributed by atoms with E-state index < -0.39 is 16.0 Å². The van der Waals surface area contributed by atoms with Crippen molar-refractivity contribution in [3.63, 3.8) is 0 Å². The minimum atomic E-state index is -3.65. The smallest absolute Gasteiger partial charge is 0.335 e. The molecule has 1 aromatic rings. The van der Waals surface area contributed by atoms with Gasteiger partial charge in [-0.3, -0.25) is 0 Å². The lowest BCUT2D eigenvalue weighted by Crippen LogP contribution is -2.28. The van der Waals surface area contributed by atoms with Gasteiger partial charge in [0.1, 0.15) is 0 Å². The molecule has 104 valence electrons. The predicted molar refractivity (Wildman–Crippen MR) is 70.6 cm³/mol. The summed E-state index contributed by atoms with van der Waals surface area (Å²) < 4.78 is 26.9. The number of carboxylic acids is 1. The second-order valence-electron chi connectivity index (χ2n) is 5.65. The largest absolute Gasteiger partial charge is 0.478 e. The lowest BCUT2D eigenvalue weighted by atomic mass is 10.1. The fraction of sp³-hybridized carbons (Fsp3) is 0.462. The van der Waals surface area contributed by atoms with E-state index in [2.05, 4.69) is 4.72 Å². The van der Waals surface area contributed by atoms with Gasteiger partial charge in [0.05, 0.1) is 10.5 Å². The Bertz CT molecular complexity index is 634. The number of hydrogen-bond acceptors (Lipinski definition) is 3.